The first kappa shape index (κ1) is 90.6. The fourth-order valence-corrected chi connectivity index (χ4v) is 19.0. The molecule has 5 aliphatic rings. The topological polar surface area (TPSA) is 217 Å². The van der Waals surface area contributed by atoms with E-state index in [1.165, 1.54) is 54.3 Å². The fraction of sp³-hybridized carbons (Fsp3) is 0.287. The van der Waals surface area contributed by atoms with E-state index < -0.39 is 28.1 Å². The van der Waals surface area contributed by atoms with Crippen molar-refractivity contribution in [3.63, 3.8) is 0 Å². The van der Waals surface area contributed by atoms with Gasteiger partial charge in [-0.1, -0.05) is 204 Å². The number of carbonyl (C=O) groups is 3. The molecule has 3 amide bonds. The van der Waals surface area contributed by atoms with Crippen LogP contribution in [0, 0.1) is 39.8 Å². The van der Waals surface area contributed by atoms with Crippen LogP contribution in [0.3, 0.4) is 0 Å². The molecule has 640 valence electrons. The Hall–Kier alpha value is -10.6. The van der Waals surface area contributed by atoms with Gasteiger partial charge in [0, 0.05) is 112 Å². The number of hydrogen-bond donors (Lipinski definition) is 4. The number of benzene rings is 11. The zero-order chi connectivity index (χ0) is 87.7. The van der Waals surface area contributed by atoms with Crippen molar-refractivity contribution < 1.29 is 37.7 Å². The highest BCUT2D eigenvalue weighted by Gasteiger charge is 2.45. The quantitative estimate of drug-likeness (QED) is 0.0414. The van der Waals surface area contributed by atoms with Crippen LogP contribution in [0.5, 0.6) is 11.5 Å². The lowest BCUT2D eigenvalue weighted by molar-refractivity contribution is -0.135. The van der Waals surface area contributed by atoms with E-state index in [2.05, 4.69) is 151 Å². The highest BCUT2D eigenvalue weighted by Crippen LogP contribution is 2.44. The molecule has 0 bridgehead atoms. The van der Waals surface area contributed by atoms with Gasteiger partial charge in [0.25, 0.3) is 0 Å². The highest BCUT2D eigenvalue weighted by atomic mass is 35.5. The third-order valence-electron chi connectivity index (χ3n) is 24.0. The number of hydrogen-bond acceptors (Lipinski definition) is 15. The summed E-state index contributed by atoms with van der Waals surface area (Å²) in [5, 5.41) is 42.1. The summed E-state index contributed by atoms with van der Waals surface area (Å²) in [7, 11) is 0. The number of nitrogens with one attached hydrogen (secondary N) is 4. The van der Waals surface area contributed by atoms with E-state index >= 15 is 0 Å². The number of thioether (sulfide) groups is 1. The number of anilines is 3. The Morgan fingerprint density at radius 2 is 0.936 bits per heavy atom. The van der Waals surface area contributed by atoms with Gasteiger partial charge >= 0.3 is 0 Å². The Morgan fingerprint density at radius 3 is 1.38 bits per heavy atom. The highest BCUT2D eigenvalue weighted by molar-refractivity contribution is 7.98. The van der Waals surface area contributed by atoms with Crippen LogP contribution in [0.15, 0.2) is 248 Å². The van der Waals surface area contributed by atoms with E-state index in [4.69, 9.17) is 77.0 Å². The second-order valence-electron chi connectivity index (χ2n) is 32.7. The number of amides is 3. The smallest absolute Gasteiger partial charge is 0.250 e. The lowest BCUT2D eigenvalue weighted by Gasteiger charge is -2.48. The van der Waals surface area contributed by atoms with E-state index in [1.54, 1.807) is 60.3 Å². The van der Waals surface area contributed by atoms with Crippen LogP contribution < -0.4 is 30.7 Å². The third-order valence-corrected chi connectivity index (χ3v) is 25.9. The first-order valence-electron chi connectivity index (χ1n) is 41.8. The van der Waals surface area contributed by atoms with Crippen molar-refractivity contribution in [2.75, 3.05) is 81.5 Å². The Labute approximate surface area is 759 Å². The number of halogens is 6. The number of nitrogens with zero attached hydrogens (tertiary/aromatic N) is 6. The molecule has 0 unspecified atom stereocenters. The minimum atomic E-state index is -0.920. The van der Waals surface area contributed by atoms with Crippen LogP contribution in [0.1, 0.15) is 123 Å². The average Bonchev–Trinajstić information content (AvgIpc) is 1.06. The van der Waals surface area contributed by atoms with E-state index in [1.807, 2.05) is 98.8 Å². The second-order valence-corrected chi connectivity index (χ2v) is 35.8. The number of rotatable bonds is 24. The number of nitriles is 3. The van der Waals surface area contributed by atoms with E-state index in [-0.39, 0.29) is 42.8 Å². The zero-order valence-electron chi connectivity index (χ0n) is 69.7. The van der Waals surface area contributed by atoms with Gasteiger partial charge in [0.05, 0.1) is 56.7 Å². The van der Waals surface area contributed by atoms with Crippen molar-refractivity contribution in [1.29, 1.82) is 15.8 Å². The molecule has 0 spiro atoms. The molecule has 0 aromatic heterocycles. The van der Waals surface area contributed by atoms with Crippen LogP contribution in [-0.4, -0.2) is 110 Å². The summed E-state index contributed by atoms with van der Waals surface area (Å²) in [5.74, 6) is 0.297. The van der Waals surface area contributed by atoms with Crippen molar-refractivity contribution >= 4 is 105 Å². The minimum Gasteiger partial charge on any atom is -0.454 e. The molecule has 0 radical (unpaired) electrons. The molecule has 4 N–H and O–H groups in total. The molecule has 24 heteroatoms. The van der Waals surface area contributed by atoms with Crippen LogP contribution in [0.25, 0.3) is 33.4 Å². The van der Waals surface area contributed by atoms with Crippen LogP contribution >= 0.6 is 69.8 Å². The fourth-order valence-electron chi connectivity index (χ4n) is 17.3. The SMILES string of the molecule is CC(C)(NC1(c2ccc(-c3cccc(C#N)c3)cc2)CCN(C2CCCC2)CC1)C(=O)Nc1ccc(F)c(Cl)c1.CSc1ccc(CN2CCC(OCC(=O)Nc3cc(Cl)cc(Cl)c3)(c3ccc(-c4cccc(C#N)c4)cc3)CC2)cc1.N#Cc1cccc(-c2ccc(C3(OCC(=O)Nc4cc(Cl)cc(Cl)c4)CCN(Cc4cccc5c4OCO5)CC3)cc2)c1. The molecule has 4 aliphatic heterocycles. The number of para-hydroxylation sites is 1. The Morgan fingerprint density at radius 1 is 0.488 bits per heavy atom. The number of carbonyl (C=O) groups excluding carboxylic acids is 3. The number of piperidine rings is 3. The summed E-state index contributed by atoms with van der Waals surface area (Å²) in [5.41, 5.74) is 12.4. The molecule has 0 atom stereocenters. The summed E-state index contributed by atoms with van der Waals surface area (Å²) < 4.78 is 38.0. The zero-order valence-corrected chi connectivity index (χ0v) is 74.3. The van der Waals surface area contributed by atoms with E-state index in [0.29, 0.717) is 72.7 Å². The number of likely N-dealkylation sites (tertiary alicyclic amines) is 3. The van der Waals surface area contributed by atoms with Crippen molar-refractivity contribution in [1.82, 2.24) is 20.0 Å². The summed E-state index contributed by atoms with van der Waals surface area (Å²) >= 11 is 32.1. The molecule has 4 fully saturated rings. The minimum absolute atomic E-state index is 0.0280. The maximum Gasteiger partial charge on any atom is 0.250 e. The first-order chi connectivity index (χ1) is 60.4. The van der Waals surface area contributed by atoms with Gasteiger partial charge in [0.15, 0.2) is 11.5 Å². The Balaban J connectivity index is 0.000000152. The maximum absolute atomic E-state index is 13.7. The first-order valence-corrected chi connectivity index (χ1v) is 45.0. The van der Waals surface area contributed by atoms with Crippen molar-refractivity contribution in [2.45, 2.75) is 124 Å². The van der Waals surface area contributed by atoms with Crippen molar-refractivity contribution in [3.8, 4) is 63.1 Å². The van der Waals surface area contributed by atoms with Gasteiger partial charge in [-0.3, -0.25) is 29.5 Å². The predicted molar refractivity (Wildman–Crippen MR) is 497 cm³/mol. The molecular formula is C101H96Cl5FN10O7S. The van der Waals surface area contributed by atoms with Gasteiger partial charge in [-0.25, -0.2) is 4.39 Å². The van der Waals surface area contributed by atoms with Crippen molar-refractivity contribution in [2.24, 2.45) is 0 Å². The second kappa shape index (κ2) is 41.7. The standard InChI is InChI=1S/C34H29Cl2N3O4.C34H31Cl2N3O2S.C33H36ClFN4O/c35-28-16-29(36)18-30(17-28)38-32(40)21-43-34(27-9-7-24(8-10-27)25-4-1-3-23(15-25)19-37)11-13-39(14-12-34)20-26-5-2-6-31-33(26)42-22-41-31;1-42-32-11-5-24(6-12-32)22-39-15-13-34(14-16-39,41-23-33(40)38-31-19-29(35)18-30(36)20-31)28-9-7-26(8-10-28)27-4-2-3-25(17-27)21-37;1-32(2,31(40)37-27-14-15-30(35)29(34)21-27)38-33(16-18-39(19-17-33)28-8-3-4-9-28)26-12-10-24(11-13-26)25-7-5-6-23(20-25)22-36/h1-10,15-18H,11-14,20-22H2,(H,38,40);2-12,17-20H,13-16,22-23H2,1H3,(H,38,40);5-7,10-15,20-21,28,38H,3-4,8-9,16-19H2,1-2H3,(H,37,40). The van der Waals surface area contributed by atoms with Gasteiger partial charge in [0.1, 0.15) is 19.0 Å². The summed E-state index contributed by atoms with van der Waals surface area (Å²) in [6.07, 6.45) is 11.9. The summed E-state index contributed by atoms with van der Waals surface area (Å²) in [4.78, 5) is 48.1. The van der Waals surface area contributed by atoms with Gasteiger partial charge in [0.2, 0.25) is 24.5 Å². The molecule has 17 nitrogen and oxygen atoms in total. The molecule has 1 saturated carbocycles. The molecule has 11 aromatic rings. The molecule has 3 saturated heterocycles. The van der Waals surface area contributed by atoms with Crippen molar-refractivity contribution in [3.05, 3.63) is 318 Å². The molecular weight excluding hydrogens is 1690 g/mol. The molecule has 125 heavy (non-hydrogen) atoms. The van der Waals surface area contributed by atoms with Gasteiger partial charge in [-0.05, 0) is 236 Å². The van der Waals surface area contributed by atoms with Crippen LogP contribution in [-0.2, 0) is 53.7 Å². The summed E-state index contributed by atoms with van der Waals surface area (Å²) in [6, 6.07) is 83.8. The Kier molecular flexibility index (Phi) is 30.2. The maximum atomic E-state index is 13.7. The number of ether oxygens (including phenoxy) is 4. The van der Waals surface area contributed by atoms with Gasteiger partial charge in [-0.2, -0.15) is 15.8 Å². The monoisotopic (exact) mass is 1790 g/mol. The predicted octanol–water partition coefficient (Wildman–Crippen LogP) is 23.1. The van der Waals surface area contributed by atoms with Crippen LogP contribution in [0.4, 0.5) is 21.5 Å². The normalized spacial score (nSPS) is 16.0. The van der Waals surface area contributed by atoms with Gasteiger partial charge in [-0.15, -0.1) is 11.8 Å². The third kappa shape index (κ3) is 23.4. The van der Waals surface area contributed by atoms with Crippen LogP contribution in [0.2, 0.25) is 25.1 Å². The lowest BCUT2D eigenvalue weighted by atomic mass is 9.78. The largest absolute Gasteiger partial charge is 0.454 e. The Bertz CT molecular complexity index is 5740. The average molecular weight is 1790 g/mol. The molecule has 1 aliphatic carbocycles. The van der Waals surface area contributed by atoms with E-state index in [9.17, 15) is 34.6 Å². The van der Waals surface area contributed by atoms with E-state index in [0.717, 1.165) is 145 Å². The molecule has 16 rings (SSSR count). The van der Waals surface area contributed by atoms with Gasteiger partial charge < -0.3 is 39.8 Å². The summed E-state index contributed by atoms with van der Waals surface area (Å²) in [6.45, 7) is 10.5. The molecule has 11 aromatic carbocycles. The lowest BCUT2D eigenvalue weighted by Crippen LogP contribution is -2.62. The number of fused-ring (bicyclic) bond motifs is 1. The molecule has 4 heterocycles.